The molecule has 16 heavy (non-hydrogen) atoms. The lowest BCUT2D eigenvalue weighted by Crippen LogP contribution is -1.94. The molecule has 0 fully saturated rings. The van der Waals surface area contributed by atoms with E-state index in [1.54, 1.807) is 5.56 Å². The quantitative estimate of drug-likeness (QED) is 0.581. The van der Waals surface area contributed by atoms with Gasteiger partial charge in [-0.1, -0.05) is 50.3 Å². The smallest absolute Gasteiger partial charge is 0.0276 e. The first-order valence-electron chi connectivity index (χ1n) is 6.72. The van der Waals surface area contributed by atoms with Crippen molar-refractivity contribution in [1.29, 1.82) is 0 Å². The molecular formula is C16H26. The molecule has 0 aliphatic heterocycles. The maximum atomic E-state index is 2.36. The maximum Gasteiger partial charge on any atom is -0.0276 e. The van der Waals surface area contributed by atoms with Crippen LogP contribution in [0.15, 0.2) is 12.1 Å². The van der Waals surface area contributed by atoms with E-state index in [-0.39, 0.29) is 0 Å². The number of unbranched alkanes of at least 4 members (excludes halogenated alkanes) is 4. The Morgan fingerprint density at radius 1 is 0.875 bits per heavy atom. The molecule has 0 spiro atoms. The Bertz CT molecular complexity index is 323. The summed E-state index contributed by atoms with van der Waals surface area (Å²) in [6, 6.07) is 4.65. The van der Waals surface area contributed by atoms with E-state index in [1.807, 2.05) is 0 Å². The lowest BCUT2D eigenvalue weighted by Gasteiger charge is -2.10. The zero-order valence-electron chi connectivity index (χ0n) is 11.4. The van der Waals surface area contributed by atoms with Gasteiger partial charge in [0.25, 0.3) is 0 Å². The van der Waals surface area contributed by atoms with E-state index >= 15 is 0 Å². The minimum absolute atomic E-state index is 1.26. The monoisotopic (exact) mass is 218 g/mol. The Morgan fingerprint density at radius 2 is 1.56 bits per heavy atom. The highest BCUT2D eigenvalue weighted by atomic mass is 14.1. The van der Waals surface area contributed by atoms with Gasteiger partial charge in [-0.3, -0.25) is 0 Å². The summed E-state index contributed by atoms with van der Waals surface area (Å²) >= 11 is 0. The van der Waals surface area contributed by atoms with E-state index < -0.39 is 0 Å². The van der Waals surface area contributed by atoms with E-state index in [1.165, 1.54) is 55.2 Å². The van der Waals surface area contributed by atoms with Gasteiger partial charge in [-0.05, 0) is 50.3 Å². The van der Waals surface area contributed by atoms with Crippen molar-refractivity contribution < 1.29 is 0 Å². The molecule has 0 aliphatic rings. The van der Waals surface area contributed by atoms with Gasteiger partial charge in [0.05, 0.1) is 0 Å². The Kier molecular flexibility index (Phi) is 5.59. The largest absolute Gasteiger partial charge is 0.0654 e. The average Bonchev–Trinajstić information content (AvgIpc) is 2.24. The second-order valence-electron chi connectivity index (χ2n) is 5.03. The zero-order chi connectivity index (χ0) is 12.0. The van der Waals surface area contributed by atoms with Crippen molar-refractivity contribution in [2.45, 2.75) is 66.2 Å². The van der Waals surface area contributed by atoms with Crippen molar-refractivity contribution in [3.8, 4) is 0 Å². The van der Waals surface area contributed by atoms with Crippen LogP contribution < -0.4 is 0 Å². The molecular weight excluding hydrogens is 192 g/mol. The van der Waals surface area contributed by atoms with Gasteiger partial charge in [0.15, 0.2) is 0 Å². The summed E-state index contributed by atoms with van der Waals surface area (Å²) in [6.07, 6.45) is 8.14. The van der Waals surface area contributed by atoms with Crippen molar-refractivity contribution in [2.75, 3.05) is 0 Å². The molecule has 0 amide bonds. The van der Waals surface area contributed by atoms with E-state index in [0.29, 0.717) is 0 Å². The molecule has 0 heteroatoms. The van der Waals surface area contributed by atoms with Gasteiger partial charge in [0, 0.05) is 0 Å². The van der Waals surface area contributed by atoms with Crippen molar-refractivity contribution in [3.63, 3.8) is 0 Å². The van der Waals surface area contributed by atoms with Crippen LogP contribution in [0.2, 0.25) is 0 Å². The SMILES string of the molecule is CCCCCCCc1cc(C)cc(C)c1C. The molecule has 0 nitrogen and oxygen atoms in total. The average molecular weight is 218 g/mol. The number of hydrogen-bond acceptors (Lipinski definition) is 0. The first-order chi connectivity index (χ1) is 7.65. The van der Waals surface area contributed by atoms with Gasteiger partial charge in [-0.2, -0.15) is 0 Å². The van der Waals surface area contributed by atoms with E-state index in [9.17, 15) is 0 Å². The van der Waals surface area contributed by atoms with Crippen LogP contribution >= 0.6 is 0 Å². The van der Waals surface area contributed by atoms with Crippen LogP contribution in [0, 0.1) is 20.8 Å². The Morgan fingerprint density at radius 3 is 2.25 bits per heavy atom. The Balaban J connectivity index is 2.47. The zero-order valence-corrected chi connectivity index (χ0v) is 11.4. The fourth-order valence-corrected chi connectivity index (χ4v) is 2.31. The molecule has 0 aromatic heterocycles. The highest BCUT2D eigenvalue weighted by Gasteiger charge is 2.02. The standard InChI is InChI=1S/C16H26/c1-5-6-7-8-9-10-16-12-13(2)11-14(3)15(16)4/h11-12H,5-10H2,1-4H3. The second-order valence-corrected chi connectivity index (χ2v) is 5.03. The topological polar surface area (TPSA) is 0 Å². The third-order valence-electron chi connectivity index (χ3n) is 3.47. The molecule has 0 aliphatic carbocycles. The molecule has 90 valence electrons. The van der Waals surface area contributed by atoms with Crippen LogP contribution in [0.4, 0.5) is 0 Å². The minimum Gasteiger partial charge on any atom is -0.0654 e. The number of rotatable bonds is 6. The third-order valence-corrected chi connectivity index (χ3v) is 3.47. The van der Waals surface area contributed by atoms with E-state index in [2.05, 4.69) is 39.8 Å². The number of aryl methyl sites for hydroxylation is 3. The lowest BCUT2D eigenvalue weighted by atomic mass is 9.96. The second kappa shape index (κ2) is 6.73. The summed E-state index contributed by atoms with van der Waals surface area (Å²) in [5, 5.41) is 0. The fraction of sp³-hybridized carbons (Fsp3) is 0.625. The first kappa shape index (κ1) is 13.3. The van der Waals surface area contributed by atoms with Gasteiger partial charge in [0.2, 0.25) is 0 Å². The van der Waals surface area contributed by atoms with E-state index in [4.69, 9.17) is 0 Å². The summed E-state index contributed by atoms with van der Waals surface area (Å²) in [7, 11) is 0. The molecule has 0 radical (unpaired) electrons. The normalized spacial score (nSPS) is 10.8. The Labute approximate surface area is 101 Å². The van der Waals surface area contributed by atoms with Crippen molar-refractivity contribution in [3.05, 3.63) is 34.4 Å². The molecule has 1 rings (SSSR count). The van der Waals surface area contributed by atoms with Crippen LogP contribution in [0.1, 0.15) is 61.3 Å². The van der Waals surface area contributed by atoms with Crippen LogP contribution in [-0.2, 0) is 6.42 Å². The summed E-state index contributed by atoms with van der Waals surface area (Å²) < 4.78 is 0. The van der Waals surface area contributed by atoms with Gasteiger partial charge in [-0.15, -0.1) is 0 Å². The number of hydrogen-bond donors (Lipinski definition) is 0. The minimum atomic E-state index is 1.26. The molecule has 0 saturated carbocycles. The van der Waals surface area contributed by atoms with Crippen molar-refractivity contribution in [1.82, 2.24) is 0 Å². The summed E-state index contributed by atoms with van der Waals surface area (Å²) in [5.41, 5.74) is 5.92. The molecule has 0 N–H and O–H groups in total. The van der Waals surface area contributed by atoms with Crippen LogP contribution in [-0.4, -0.2) is 0 Å². The third kappa shape index (κ3) is 4.00. The van der Waals surface area contributed by atoms with Crippen LogP contribution in [0.5, 0.6) is 0 Å². The highest BCUT2D eigenvalue weighted by Crippen LogP contribution is 2.18. The van der Waals surface area contributed by atoms with Crippen molar-refractivity contribution in [2.24, 2.45) is 0 Å². The summed E-state index contributed by atoms with van der Waals surface area (Å²) in [5.74, 6) is 0. The Hall–Kier alpha value is -0.780. The highest BCUT2D eigenvalue weighted by molar-refractivity contribution is 5.37. The van der Waals surface area contributed by atoms with Crippen LogP contribution in [0.3, 0.4) is 0 Å². The van der Waals surface area contributed by atoms with Gasteiger partial charge >= 0.3 is 0 Å². The summed E-state index contributed by atoms with van der Waals surface area (Å²) in [6.45, 7) is 8.96. The molecule has 0 heterocycles. The molecule has 0 bridgehead atoms. The van der Waals surface area contributed by atoms with Gasteiger partial charge in [-0.25, -0.2) is 0 Å². The lowest BCUT2D eigenvalue weighted by molar-refractivity contribution is 0.631. The molecule has 0 saturated heterocycles. The first-order valence-corrected chi connectivity index (χ1v) is 6.72. The predicted octanol–water partition coefficient (Wildman–Crippen LogP) is 5.12. The maximum absolute atomic E-state index is 2.36. The van der Waals surface area contributed by atoms with Crippen LogP contribution in [0.25, 0.3) is 0 Å². The van der Waals surface area contributed by atoms with E-state index in [0.717, 1.165) is 0 Å². The molecule has 1 aromatic carbocycles. The summed E-state index contributed by atoms with van der Waals surface area (Å²) in [4.78, 5) is 0. The van der Waals surface area contributed by atoms with Gasteiger partial charge < -0.3 is 0 Å². The van der Waals surface area contributed by atoms with Gasteiger partial charge in [0.1, 0.15) is 0 Å². The molecule has 0 atom stereocenters. The molecule has 1 aromatic rings. The van der Waals surface area contributed by atoms with Crippen molar-refractivity contribution >= 4 is 0 Å². The molecule has 0 unspecified atom stereocenters. The predicted molar refractivity (Wildman–Crippen MR) is 73.1 cm³/mol. The number of benzene rings is 1. The fourth-order valence-electron chi connectivity index (χ4n) is 2.31.